The van der Waals surface area contributed by atoms with Crippen molar-refractivity contribution in [2.24, 2.45) is 11.7 Å². The largest absolute Gasteiger partial charge is 0.446 e. The maximum atomic E-state index is 5.67. The number of rotatable bonds is 5. The first-order valence-corrected chi connectivity index (χ1v) is 6.75. The van der Waals surface area contributed by atoms with E-state index in [0.717, 1.165) is 43.4 Å². The Balaban J connectivity index is 1.83. The molecule has 3 nitrogen and oxygen atoms in total. The lowest BCUT2D eigenvalue weighted by Crippen LogP contribution is -2.02. The van der Waals surface area contributed by atoms with E-state index in [-0.39, 0.29) is 0 Å². The summed E-state index contributed by atoms with van der Waals surface area (Å²) in [6, 6.07) is 0. The maximum absolute atomic E-state index is 5.67. The number of nitrogens with two attached hydrogens (primary N) is 1. The average molecular weight is 226 g/mol. The van der Waals surface area contributed by atoms with Crippen LogP contribution in [0.15, 0.2) is 10.6 Å². The van der Waals surface area contributed by atoms with Gasteiger partial charge in [-0.3, -0.25) is 0 Å². The topological polar surface area (TPSA) is 52.0 Å². The third kappa shape index (κ3) is 3.24. The minimum Gasteiger partial charge on any atom is -0.446 e. The lowest BCUT2D eigenvalue weighted by atomic mass is 10.1. The molecule has 0 aromatic carbocycles. The summed E-state index contributed by atoms with van der Waals surface area (Å²) in [5.41, 5.74) is 5.45. The fourth-order valence-corrected chi connectivity index (χ4v) is 3.11. The van der Waals surface area contributed by atoms with Crippen molar-refractivity contribution in [2.75, 3.05) is 18.1 Å². The van der Waals surface area contributed by atoms with Gasteiger partial charge in [0.1, 0.15) is 5.76 Å². The van der Waals surface area contributed by atoms with Crippen LogP contribution in [0.3, 0.4) is 0 Å². The summed E-state index contributed by atoms with van der Waals surface area (Å²) < 4.78 is 5.67. The Hall–Kier alpha value is -0.480. The van der Waals surface area contributed by atoms with Gasteiger partial charge in [-0.1, -0.05) is 0 Å². The Kier molecular flexibility index (Phi) is 4.09. The summed E-state index contributed by atoms with van der Waals surface area (Å²) in [7, 11) is 0. The predicted molar refractivity (Wildman–Crippen MR) is 63.0 cm³/mol. The fraction of sp³-hybridized carbons (Fsp3) is 0.727. The molecule has 0 aliphatic carbocycles. The first-order valence-electron chi connectivity index (χ1n) is 5.60. The fourth-order valence-electron chi connectivity index (χ4n) is 1.83. The van der Waals surface area contributed by atoms with Crippen LogP contribution in [0.5, 0.6) is 0 Å². The van der Waals surface area contributed by atoms with Gasteiger partial charge in [-0.2, -0.15) is 11.8 Å². The highest BCUT2D eigenvalue weighted by Crippen LogP contribution is 2.26. The molecule has 1 saturated heterocycles. The third-order valence-electron chi connectivity index (χ3n) is 2.72. The van der Waals surface area contributed by atoms with Crippen LogP contribution in [0.25, 0.3) is 0 Å². The van der Waals surface area contributed by atoms with Crippen molar-refractivity contribution in [2.45, 2.75) is 25.7 Å². The molecule has 1 fully saturated rings. The molecular formula is C11H18N2OS. The number of nitrogens with zero attached hydrogens (tertiary/aromatic N) is 1. The quantitative estimate of drug-likeness (QED) is 0.832. The molecule has 2 rings (SSSR count). The van der Waals surface area contributed by atoms with E-state index >= 15 is 0 Å². The van der Waals surface area contributed by atoms with E-state index in [4.69, 9.17) is 10.2 Å². The van der Waals surface area contributed by atoms with E-state index < -0.39 is 0 Å². The zero-order valence-electron chi connectivity index (χ0n) is 8.95. The predicted octanol–water partition coefficient (Wildman–Crippen LogP) is 1.86. The van der Waals surface area contributed by atoms with Gasteiger partial charge in [-0.15, -0.1) is 0 Å². The SMILES string of the molecule is NCCCc1cnc(CC2CCSC2)o1. The molecule has 1 aliphatic heterocycles. The Morgan fingerprint density at radius 2 is 2.53 bits per heavy atom. The first-order chi connectivity index (χ1) is 7.38. The number of aryl methyl sites for hydroxylation is 1. The molecule has 0 amide bonds. The van der Waals surface area contributed by atoms with Crippen molar-refractivity contribution in [3.63, 3.8) is 0 Å². The Bertz CT molecular complexity index is 295. The van der Waals surface area contributed by atoms with Gasteiger partial charge in [-0.05, 0) is 36.8 Å². The summed E-state index contributed by atoms with van der Waals surface area (Å²) in [6.45, 7) is 0.718. The van der Waals surface area contributed by atoms with Crippen molar-refractivity contribution in [3.8, 4) is 0 Å². The van der Waals surface area contributed by atoms with E-state index in [1.807, 2.05) is 18.0 Å². The standard InChI is InChI=1S/C11H18N2OS/c12-4-1-2-10-7-13-11(14-10)6-9-3-5-15-8-9/h7,9H,1-6,8,12H2. The lowest BCUT2D eigenvalue weighted by Gasteiger charge is -2.03. The molecule has 1 aromatic heterocycles. The molecule has 1 aliphatic rings. The number of aromatic nitrogens is 1. The number of hydrogen-bond acceptors (Lipinski definition) is 4. The zero-order valence-corrected chi connectivity index (χ0v) is 9.76. The molecule has 2 N–H and O–H groups in total. The molecule has 0 saturated carbocycles. The summed E-state index contributed by atoms with van der Waals surface area (Å²) in [4.78, 5) is 4.32. The minimum atomic E-state index is 0.718. The smallest absolute Gasteiger partial charge is 0.194 e. The number of thioether (sulfide) groups is 1. The van der Waals surface area contributed by atoms with Crippen LogP contribution in [0.4, 0.5) is 0 Å². The van der Waals surface area contributed by atoms with Gasteiger partial charge in [0.25, 0.3) is 0 Å². The van der Waals surface area contributed by atoms with Gasteiger partial charge in [0.05, 0.1) is 6.20 Å². The summed E-state index contributed by atoms with van der Waals surface area (Å²) in [5, 5.41) is 0. The Labute approximate surface area is 94.8 Å². The van der Waals surface area contributed by atoms with Crippen LogP contribution in [0.1, 0.15) is 24.5 Å². The molecule has 0 spiro atoms. The average Bonchev–Trinajstić information content (AvgIpc) is 2.87. The number of oxazole rings is 1. The third-order valence-corrected chi connectivity index (χ3v) is 3.95. The molecule has 84 valence electrons. The van der Waals surface area contributed by atoms with Gasteiger partial charge >= 0.3 is 0 Å². The molecule has 15 heavy (non-hydrogen) atoms. The molecule has 2 heterocycles. The van der Waals surface area contributed by atoms with E-state index in [9.17, 15) is 0 Å². The van der Waals surface area contributed by atoms with E-state index in [2.05, 4.69) is 4.98 Å². The van der Waals surface area contributed by atoms with Crippen molar-refractivity contribution in [1.29, 1.82) is 0 Å². The highest BCUT2D eigenvalue weighted by atomic mass is 32.2. The molecular weight excluding hydrogens is 208 g/mol. The van der Waals surface area contributed by atoms with Crippen LogP contribution < -0.4 is 5.73 Å². The molecule has 4 heteroatoms. The van der Waals surface area contributed by atoms with Crippen molar-refractivity contribution in [3.05, 3.63) is 17.8 Å². The minimum absolute atomic E-state index is 0.718. The molecule has 0 radical (unpaired) electrons. The zero-order chi connectivity index (χ0) is 10.5. The maximum Gasteiger partial charge on any atom is 0.194 e. The summed E-state index contributed by atoms with van der Waals surface area (Å²) in [6.07, 6.45) is 6.07. The van der Waals surface area contributed by atoms with Crippen molar-refractivity contribution >= 4 is 11.8 Å². The molecule has 1 aromatic rings. The van der Waals surface area contributed by atoms with Gasteiger partial charge in [0, 0.05) is 12.8 Å². The van der Waals surface area contributed by atoms with E-state index in [0.29, 0.717) is 0 Å². The van der Waals surface area contributed by atoms with Crippen molar-refractivity contribution in [1.82, 2.24) is 4.98 Å². The normalized spacial score (nSPS) is 21.0. The Morgan fingerprint density at radius 1 is 1.60 bits per heavy atom. The van der Waals surface area contributed by atoms with Crippen LogP contribution >= 0.6 is 11.8 Å². The number of hydrogen-bond donors (Lipinski definition) is 1. The second kappa shape index (κ2) is 5.56. The van der Waals surface area contributed by atoms with Crippen LogP contribution in [-0.4, -0.2) is 23.0 Å². The van der Waals surface area contributed by atoms with Crippen molar-refractivity contribution < 1.29 is 4.42 Å². The van der Waals surface area contributed by atoms with Gasteiger partial charge in [0.2, 0.25) is 0 Å². The highest BCUT2D eigenvalue weighted by molar-refractivity contribution is 7.99. The molecule has 1 unspecified atom stereocenters. The van der Waals surface area contributed by atoms with Crippen LogP contribution in [0, 0.1) is 5.92 Å². The van der Waals surface area contributed by atoms with E-state index in [1.54, 1.807) is 0 Å². The van der Waals surface area contributed by atoms with Gasteiger partial charge in [0.15, 0.2) is 5.89 Å². The van der Waals surface area contributed by atoms with Gasteiger partial charge in [-0.25, -0.2) is 4.98 Å². The molecule has 0 bridgehead atoms. The second-order valence-electron chi connectivity index (χ2n) is 4.05. The summed E-state index contributed by atoms with van der Waals surface area (Å²) in [5.74, 6) is 5.23. The molecule has 1 atom stereocenters. The highest BCUT2D eigenvalue weighted by Gasteiger charge is 2.18. The van der Waals surface area contributed by atoms with Crippen LogP contribution in [0.2, 0.25) is 0 Å². The van der Waals surface area contributed by atoms with Gasteiger partial charge < -0.3 is 10.2 Å². The summed E-state index contributed by atoms with van der Waals surface area (Å²) >= 11 is 2.04. The van der Waals surface area contributed by atoms with E-state index in [1.165, 1.54) is 17.9 Å². The first kappa shape index (κ1) is 11.0. The lowest BCUT2D eigenvalue weighted by molar-refractivity contribution is 0.419. The van der Waals surface area contributed by atoms with Crippen LogP contribution in [-0.2, 0) is 12.8 Å². The Morgan fingerprint density at radius 3 is 3.27 bits per heavy atom. The monoisotopic (exact) mass is 226 g/mol. The second-order valence-corrected chi connectivity index (χ2v) is 5.20.